The van der Waals surface area contributed by atoms with Crippen molar-refractivity contribution in [1.82, 2.24) is 4.98 Å². The second kappa shape index (κ2) is 9.08. The van der Waals surface area contributed by atoms with E-state index in [4.69, 9.17) is 4.74 Å². The average molecular weight is 283 g/mol. The first kappa shape index (κ1) is 16.2. The highest BCUT2D eigenvalue weighted by atomic mass is 32.1. The second-order valence-corrected chi connectivity index (χ2v) is 5.64. The third-order valence-electron chi connectivity index (χ3n) is 3.20. The van der Waals surface area contributed by atoms with Crippen molar-refractivity contribution in [2.45, 2.75) is 65.2 Å². The first-order valence-corrected chi connectivity index (χ1v) is 8.23. The molecule has 0 fully saturated rings. The molecule has 0 bridgehead atoms. The van der Waals surface area contributed by atoms with E-state index in [9.17, 15) is 4.79 Å². The maximum absolute atomic E-state index is 11.6. The van der Waals surface area contributed by atoms with Crippen LogP contribution in [-0.2, 0) is 4.74 Å². The Labute approximate surface area is 120 Å². The highest BCUT2D eigenvalue weighted by molar-refractivity contribution is 7.11. The van der Waals surface area contributed by atoms with Crippen LogP contribution in [0.3, 0.4) is 0 Å². The molecular formula is C15H25NO2S. The molecule has 1 aromatic heterocycles. The summed E-state index contributed by atoms with van der Waals surface area (Å²) < 4.78 is 4.99. The van der Waals surface area contributed by atoms with E-state index in [1.807, 2.05) is 12.3 Å². The van der Waals surface area contributed by atoms with E-state index < -0.39 is 0 Å². The second-order valence-electron chi connectivity index (χ2n) is 4.78. The zero-order valence-corrected chi connectivity index (χ0v) is 13.1. The van der Waals surface area contributed by atoms with Gasteiger partial charge in [-0.2, -0.15) is 0 Å². The predicted molar refractivity (Wildman–Crippen MR) is 79.9 cm³/mol. The zero-order valence-electron chi connectivity index (χ0n) is 12.3. The van der Waals surface area contributed by atoms with Crippen molar-refractivity contribution in [1.29, 1.82) is 0 Å². The Morgan fingerprint density at radius 3 is 2.42 bits per heavy atom. The molecule has 0 spiro atoms. The van der Waals surface area contributed by atoms with E-state index in [1.54, 1.807) is 0 Å². The molecule has 0 aromatic carbocycles. The number of carbonyl (C=O) groups is 1. The smallest absolute Gasteiger partial charge is 0.367 e. The Kier molecular flexibility index (Phi) is 7.72. The van der Waals surface area contributed by atoms with Gasteiger partial charge in [-0.1, -0.05) is 39.5 Å². The first-order valence-electron chi connectivity index (χ1n) is 7.35. The van der Waals surface area contributed by atoms with Crippen molar-refractivity contribution >= 4 is 17.3 Å². The van der Waals surface area contributed by atoms with E-state index in [0.29, 0.717) is 17.5 Å². The lowest BCUT2D eigenvalue weighted by Crippen LogP contribution is -2.05. The molecule has 1 heterocycles. The van der Waals surface area contributed by atoms with Gasteiger partial charge in [-0.05, 0) is 19.8 Å². The Morgan fingerprint density at radius 2 is 1.89 bits per heavy atom. The van der Waals surface area contributed by atoms with Gasteiger partial charge in [0.25, 0.3) is 0 Å². The minimum Gasteiger partial charge on any atom is -0.461 e. The lowest BCUT2D eigenvalue weighted by Gasteiger charge is -2.13. The Balaban J connectivity index is 2.69. The maximum atomic E-state index is 11.6. The average Bonchev–Trinajstić information content (AvgIpc) is 2.89. The van der Waals surface area contributed by atoms with Gasteiger partial charge in [0.05, 0.1) is 12.3 Å². The molecule has 0 amide bonds. The fraction of sp³-hybridized carbons (Fsp3) is 0.733. The summed E-state index contributed by atoms with van der Waals surface area (Å²) in [6, 6.07) is 0. The van der Waals surface area contributed by atoms with E-state index in [0.717, 1.165) is 5.69 Å². The number of nitrogens with zero attached hydrogens (tertiary/aromatic N) is 1. The van der Waals surface area contributed by atoms with Crippen molar-refractivity contribution in [2.75, 3.05) is 6.61 Å². The van der Waals surface area contributed by atoms with Gasteiger partial charge >= 0.3 is 5.97 Å². The van der Waals surface area contributed by atoms with Crippen molar-refractivity contribution in [3.05, 3.63) is 16.1 Å². The summed E-state index contributed by atoms with van der Waals surface area (Å²) in [4.78, 5) is 16.1. The third-order valence-corrected chi connectivity index (χ3v) is 4.04. The normalized spacial score (nSPS) is 10.9. The Morgan fingerprint density at radius 1 is 1.26 bits per heavy atom. The van der Waals surface area contributed by atoms with Gasteiger partial charge < -0.3 is 4.74 Å². The number of thiazole rings is 1. The number of unbranched alkanes of at least 4 members (excludes halogenated alkanes) is 2. The number of ether oxygens (including phenoxy) is 1. The van der Waals surface area contributed by atoms with Gasteiger partial charge in [-0.25, -0.2) is 9.78 Å². The molecule has 1 aromatic rings. The number of hydrogen-bond acceptors (Lipinski definition) is 4. The number of carbonyl (C=O) groups excluding carboxylic acids is 1. The van der Waals surface area contributed by atoms with Crippen LogP contribution in [0.15, 0.2) is 5.38 Å². The summed E-state index contributed by atoms with van der Waals surface area (Å²) in [5, 5.41) is 2.53. The maximum Gasteiger partial charge on any atom is 0.367 e. The summed E-state index contributed by atoms with van der Waals surface area (Å²) in [7, 11) is 0. The Bertz CT molecular complexity index is 368. The monoisotopic (exact) mass is 283 g/mol. The van der Waals surface area contributed by atoms with Gasteiger partial charge in [-0.15, -0.1) is 11.3 Å². The van der Waals surface area contributed by atoms with Gasteiger partial charge in [0.2, 0.25) is 5.01 Å². The van der Waals surface area contributed by atoms with Crippen molar-refractivity contribution < 1.29 is 9.53 Å². The zero-order chi connectivity index (χ0) is 14.1. The molecule has 0 aliphatic carbocycles. The minimum atomic E-state index is -0.288. The summed E-state index contributed by atoms with van der Waals surface area (Å²) in [6.45, 7) is 6.64. The van der Waals surface area contributed by atoms with Crippen LogP contribution >= 0.6 is 11.3 Å². The van der Waals surface area contributed by atoms with Crippen molar-refractivity contribution in [2.24, 2.45) is 0 Å². The van der Waals surface area contributed by atoms with E-state index in [2.05, 4.69) is 18.8 Å². The summed E-state index contributed by atoms with van der Waals surface area (Å²) >= 11 is 1.41. The van der Waals surface area contributed by atoms with Gasteiger partial charge in [0, 0.05) is 11.3 Å². The molecule has 3 nitrogen and oxygen atoms in total. The minimum absolute atomic E-state index is 0.288. The molecule has 0 N–H and O–H groups in total. The molecule has 0 radical (unpaired) electrons. The van der Waals surface area contributed by atoms with Crippen LogP contribution in [0, 0.1) is 0 Å². The lowest BCUT2D eigenvalue weighted by molar-refractivity contribution is 0.0525. The number of esters is 1. The summed E-state index contributed by atoms with van der Waals surface area (Å²) in [5.41, 5.74) is 1.08. The number of aromatic nitrogens is 1. The molecular weight excluding hydrogens is 258 g/mol. The lowest BCUT2D eigenvalue weighted by atomic mass is 9.93. The number of rotatable bonds is 9. The molecule has 0 saturated heterocycles. The van der Waals surface area contributed by atoms with Crippen LogP contribution in [0.5, 0.6) is 0 Å². The Hall–Kier alpha value is -0.900. The molecule has 1 rings (SSSR count). The fourth-order valence-corrected chi connectivity index (χ4v) is 2.89. The van der Waals surface area contributed by atoms with Crippen molar-refractivity contribution in [3.63, 3.8) is 0 Å². The standard InChI is InChI=1S/C15H25NO2S/c1-4-7-9-12(10-8-5-2)13-11-19-14(16-13)15(17)18-6-3/h11-12H,4-10H2,1-3H3. The van der Waals surface area contributed by atoms with Crippen LogP contribution in [0.25, 0.3) is 0 Å². The highest BCUT2D eigenvalue weighted by Gasteiger charge is 2.18. The molecule has 4 heteroatoms. The third kappa shape index (κ3) is 5.31. The summed E-state index contributed by atoms with van der Waals surface area (Å²) in [6.07, 6.45) is 7.20. The van der Waals surface area contributed by atoms with E-state index in [-0.39, 0.29) is 5.97 Å². The molecule has 0 atom stereocenters. The quantitative estimate of drug-likeness (QED) is 0.612. The molecule has 0 saturated carbocycles. The van der Waals surface area contributed by atoms with Gasteiger partial charge in [0.15, 0.2) is 0 Å². The highest BCUT2D eigenvalue weighted by Crippen LogP contribution is 2.28. The molecule has 108 valence electrons. The fourth-order valence-electron chi connectivity index (χ4n) is 2.10. The SMILES string of the molecule is CCCCC(CCCC)c1csc(C(=O)OCC)n1. The number of hydrogen-bond donors (Lipinski definition) is 0. The topological polar surface area (TPSA) is 39.2 Å². The van der Waals surface area contributed by atoms with Crippen LogP contribution in [-0.4, -0.2) is 17.6 Å². The summed E-state index contributed by atoms with van der Waals surface area (Å²) in [5.74, 6) is 0.211. The molecule has 19 heavy (non-hydrogen) atoms. The largest absolute Gasteiger partial charge is 0.461 e. The first-order chi connectivity index (χ1) is 9.22. The molecule has 0 aliphatic rings. The van der Waals surface area contributed by atoms with Gasteiger partial charge in [0.1, 0.15) is 0 Å². The van der Waals surface area contributed by atoms with Crippen molar-refractivity contribution in [3.8, 4) is 0 Å². The predicted octanol–water partition coefficient (Wildman–Crippen LogP) is 4.78. The molecule has 0 aliphatic heterocycles. The van der Waals surface area contributed by atoms with Crippen LogP contribution in [0.1, 0.15) is 80.7 Å². The van der Waals surface area contributed by atoms with Crippen LogP contribution in [0.2, 0.25) is 0 Å². The van der Waals surface area contributed by atoms with Crippen LogP contribution in [0.4, 0.5) is 0 Å². The molecule has 0 unspecified atom stereocenters. The van der Waals surface area contributed by atoms with Crippen LogP contribution < -0.4 is 0 Å². The van der Waals surface area contributed by atoms with Gasteiger partial charge in [-0.3, -0.25) is 0 Å². The van der Waals surface area contributed by atoms with E-state index in [1.165, 1.54) is 49.9 Å². The van der Waals surface area contributed by atoms with E-state index >= 15 is 0 Å².